The highest BCUT2D eigenvalue weighted by Crippen LogP contribution is 2.42. The van der Waals surface area contributed by atoms with Crippen molar-refractivity contribution in [1.29, 1.82) is 0 Å². The smallest absolute Gasteiger partial charge is 0.237 e. The Kier molecular flexibility index (Phi) is 9.57. The van der Waals surface area contributed by atoms with Gasteiger partial charge < -0.3 is 18.9 Å². The zero-order chi connectivity index (χ0) is 39.9. The third-order valence-electron chi connectivity index (χ3n) is 9.59. The summed E-state index contributed by atoms with van der Waals surface area (Å²) in [4.78, 5) is 22.0. The summed E-state index contributed by atoms with van der Waals surface area (Å²) in [6.45, 7) is 17.0. The summed E-state index contributed by atoms with van der Waals surface area (Å²) in [6.07, 6.45) is 6.47. The van der Waals surface area contributed by atoms with Crippen LogP contribution in [0.15, 0.2) is 122 Å². The lowest BCUT2D eigenvalue weighted by atomic mass is 9.86. The minimum atomic E-state index is -0.203. The van der Waals surface area contributed by atoms with Crippen molar-refractivity contribution >= 4 is 21.8 Å². The third kappa shape index (κ3) is 7.98. The van der Waals surface area contributed by atoms with Crippen molar-refractivity contribution < 1.29 is 18.9 Å². The van der Waals surface area contributed by atoms with Gasteiger partial charge in [-0.15, -0.1) is 0 Å². The fraction of sp³-hybridized carbons (Fsp3) is 0.213. The van der Waals surface area contributed by atoms with Crippen molar-refractivity contribution in [2.75, 3.05) is 0 Å². The van der Waals surface area contributed by atoms with Crippen LogP contribution >= 0.6 is 0 Å². The van der Waals surface area contributed by atoms with Gasteiger partial charge in [-0.1, -0.05) is 53.7 Å². The molecule has 10 nitrogen and oxygen atoms in total. The van der Waals surface area contributed by atoms with Crippen LogP contribution in [0.5, 0.6) is 46.3 Å². The van der Waals surface area contributed by atoms with E-state index in [1.807, 2.05) is 91.2 Å². The average Bonchev–Trinajstić information content (AvgIpc) is 3.47. The maximum Gasteiger partial charge on any atom is 0.237 e. The third-order valence-corrected chi connectivity index (χ3v) is 9.59. The summed E-state index contributed by atoms with van der Waals surface area (Å²) in [5, 5.41) is 2.00. The van der Waals surface area contributed by atoms with Crippen molar-refractivity contribution in [3.8, 4) is 52.2 Å². The Morgan fingerprint density at radius 3 is 1.30 bits per heavy atom. The molecule has 4 aromatic carbocycles. The van der Waals surface area contributed by atoms with Crippen LogP contribution in [0, 0.1) is 13.8 Å². The second kappa shape index (κ2) is 14.7. The first-order valence-electron chi connectivity index (χ1n) is 18.8. The monoisotopic (exact) mass is 756 g/mol. The van der Waals surface area contributed by atoms with E-state index in [9.17, 15) is 0 Å². The van der Waals surface area contributed by atoms with Gasteiger partial charge in [-0.05, 0) is 84.3 Å². The van der Waals surface area contributed by atoms with Crippen molar-refractivity contribution in [3.05, 3.63) is 144 Å². The highest BCUT2D eigenvalue weighted by Gasteiger charge is 2.24. The summed E-state index contributed by atoms with van der Waals surface area (Å²) < 4.78 is 27.8. The lowest BCUT2D eigenvalue weighted by Gasteiger charge is -2.23. The maximum atomic E-state index is 6.73. The number of nitrogens with zero attached hydrogens (tertiary/aromatic N) is 6. The predicted octanol–water partition coefficient (Wildman–Crippen LogP) is 12.1. The first-order valence-corrected chi connectivity index (χ1v) is 18.8. The second-order valence-electron chi connectivity index (χ2n) is 16.2. The van der Waals surface area contributed by atoms with Crippen LogP contribution in [0.2, 0.25) is 0 Å². The lowest BCUT2D eigenvalue weighted by Crippen LogP contribution is -2.12. The predicted molar refractivity (Wildman–Crippen MR) is 223 cm³/mol. The van der Waals surface area contributed by atoms with Gasteiger partial charge in [0.25, 0.3) is 0 Å². The van der Waals surface area contributed by atoms with Crippen molar-refractivity contribution in [2.45, 2.75) is 66.2 Å². The molecule has 0 radical (unpaired) electrons. The Bertz CT molecular complexity index is 2580. The van der Waals surface area contributed by atoms with E-state index in [0.29, 0.717) is 52.2 Å². The molecule has 0 saturated carbocycles. The summed E-state index contributed by atoms with van der Waals surface area (Å²) in [5.74, 6) is 5.41. The summed E-state index contributed by atoms with van der Waals surface area (Å²) in [5.41, 5.74) is 5.50. The van der Waals surface area contributed by atoms with Crippen LogP contribution in [0.25, 0.3) is 27.8 Å². The molecule has 10 heteroatoms. The van der Waals surface area contributed by atoms with Gasteiger partial charge in [-0.2, -0.15) is 0 Å². The van der Waals surface area contributed by atoms with E-state index in [-0.39, 0.29) is 10.8 Å². The molecule has 0 atom stereocenters. The molecule has 0 bridgehead atoms. The molecule has 0 unspecified atom stereocenters. The number of aromatic nitrogens is 6. The molecule has 0 amide bonds. The zero-order valence-electron chi connectivity index (χ0n) is 33.4. The van der Waals surface area contributed by atoms with Crippen LogP contribution < -0.4 is 18.9 Å². The number of hydrogen-bond acceptors (Lipinski definition) is 9. The van der Waals surface area contributed by atoms with Crippen molar-refractivity contribution in [2.24, 2.45) is 0 Å². The number of fused-ring (bicyclic) bond motifs is 3. The van der Waals surface area contributed by atoms with E-state index in [2.05, 4.69) is 90.7 Å². The van der Waals surface area contributed by atoms with Gasteiger partial charge in [0.05, 0.1) is 11.0 Å². The van der Waals surface area contributed by atoms with Gasteiger partial charge in [0.2, 0.25) is 17.7 Å². The van der Waals surface area contributed by atoms with E-state index in [0.717, 1.165) is 44.1 Å². The largest absolute Gasteiger partial charge is 0.457 e. The number of rotatable bonds is 9. The lowest BCUT2D eigenvalue weighted by molar-refractivity contribution is 0.435. The summed E-state index contributed by atoms with van der Waals surface area (Å²) in [6, 6.07) is 31.7. The van der Waals surface area contributed by atoms with Crippen molar-refractivity contribution in [1.82, 2.24) is 29.5 Å². The highest BCUT2D eigenvalue weighted by atomic mass is 16.5. The van der Waals surface area contributed by atoms with Crippen LogP contribution in [-0.2, 0) is 10.8 Å². The van der Waals surface area contributed by atoms with Crippen LogP contribution in [-0.4, -0.2) is 29.5 Å². The Morgan fingerprint density at radius 1 is 0.456 bits per heavy atom. The average molecular weight is 757 g/mol. The van der Waals surface area contributed by atoms with E-state index in [1.165, 1.54) is 12.7 Å². The van der Waals surface area contributed by atoms with E-state index in [1.54, 1.807) is 12.4 Å². The SMILES string of the molecule is Cc1ccnc(Oc2ccc(C(C)(C)C)c(Oc3ccc4c5ccc(Oc6cc(Oc7cc(C)ccn7)ccc6C(C)(C)C)cc5n(-c5ncncn5)c4c3)c2)c1. The topological polar surface area (TPSA) is 106 Å². The van der Waals surface area contributed by atoms with E-state index >= 15 is 0 Å². The number of aryl methyl sites for hydroxylation is 2. The molecule has 0 aliphatic carbocycles. The molecule has 4 aromatic heterocycles. The Morgan fingerprint density at radius 2 is 0.877 bits per heavy atom. The van der Waals surface area contributed by atoms with E-state index in [4.69, 9.17) is 18.9 Å². The minimum absolute atomic E-state index is 0.203. The van der Waals surface area contributed by atoms with Gasteiger partial charge in [0.1, 0.15) is 47.2 Å². The number of benzene rings is 4. The molecule has 0 aliphatic rings. The Balaban J connectivity index is 1.20. The first-order chi connectivity index (χ1) is 27.3. The standard InChI is InChI=1S/C47H44N6O4/c1-29-17-19-49-43(21-29)56-33-11-15-37(46(3,4)5)41(25-33)54-31-9-13-35-36-14-10-32(24-40(36)53(39(35)23-31)45-51-27-48-28-52-45)55-42-26-34(12-16-38(42)47(6,7)8)57-44-22-30(2)18-20-50-44/h9-28H,1-8H3. The first kappa shape index (κ1) is 37.1. The molecule has 57 heavy (non-hydrogen) atoms. The minimum Gasteiger partial charge on any atom is -0.457 e. The number of ether oxygens (including phenoxy) is 4. The quantitative estimate of drug-likeness (QED) is 0.142. The van der Waals surface area contributed by atoms with Gasteiger partial charge >= 0.3 is 0 Å². The molecule has 8 rings (SSSR count). The highest BCUT2D eigenvalue weighted by molar-refractivity contribution is 6.09. The molecular weight excluding hydrogens is 713 g/mol. The molecular formula is C47H44N6O4. The van der Waals surface area contributed by atoms with Gasteiger partial charge in [0.15, 0.2) is 0 Å². The normalized spacial score (nSPS) is 11.9. The van der Waals surface area contributed by atoms with Gasteiger partial charge in [-0.25, -0.2) is 24.9 Å². The fourth-order valence-electron chi connectivity index (χ4n) is 6.83. The molecule has 0 aliphatic heterocycles. The summed E-state index contributed by atoms with van der Waals surface area (Å²) in [7, 11) is 0. The molecule has 0 spiro atoms. The van der Waals surface area contributed by atoms with E-state index < -0.39 is 0 Å². The molecule has 286 valence electrons. The molecule has 4 heterocycles. The van der Waals surface area contributed by atoms with Crippen LogP contribution in [0.3, 0.4) is 0 Å². The fourth-order valence-corrected chi connectivity index (χ4v) is 6.83. The number of pyridine rings is 2. The maximum absolute atomic E-state index is 6.73. The zero-order valence-corrected chi connectivity index (χ0v) is 33.4. The van der Waals surface area contributed by atoms with Crippen LogP contribution in [0.4, 0.5) is 0 Å². The van der Waals surface area contributed by atoms with Crippen molar-refractivity contribution in [3.63, 3.8) is 0 Å². The Hall–Kier alpha value is -6.81. The van der Waals surface area contributed by atoms with Gasteiger partial charge in [-0.3, -0.25) is 4.57 Å². The second-order valence-corrected chi connectivity index (χ2v) is 16.2. The molecule has 8 aromatic rings. The molecule has 0 N–H and O–H groups in total. The summed E-state index contributed by atoms with van der Waals surface area (Å²) >= 11 is 0. The molecule has 0 fully saturated rings. The molecule has 0 saturated heterocycles. The number of hydrogen-bond donors (Lipinski definition) is 0. The van der Waals surface area contributed by atoms with Gasteiger partial charge in [0, 0.05) is 70.7 Å². The Labute approximate surface area is 332 Å². The van der Waals surface area contributed by atoms with Crippen LogP contribution in [0.1, 0.15) is 63.8 Å².